The van der Waals surface area contributed by atoms with Crippen molar-refractivity contribution < 1.29 is 32.9 Å². The molecule has 0 aromatic heterocycles. The van der Waals surface area contributed by atoms with Gasteiger partial charge in [0.1, 0.15) is 13.2 Å². The van der Waals surface area contributed by atoms with E-state index in [0.29, 0.717) is 23.9 Å². The SMILES string of the molecule is CCCCCCCCCCCCCCCCCCCCCCCCCCCCCCCCCCCC(=O)NC(COP(=O)(O)OCC[N+](C)(C)C)C(O)CCCCCCCCCCCCCCC. The Morgan fingerprint density at radius 3 is 0.985 bits per heavy atom. The zero-order valence-corrected chi connectivity index (χ0v) is 47.5. The lowest BCUT2D eigenvalue weighted by molar-refractivity contribution is -0.870. The Hall–Kier alpha value is -0.500. The molecule has 8 nitrogen and oxygen atoms in total. The second kappa shape index (κ2) is 51.4. The Morgan fingerprint density at radius 2 is 0.706 bits per heavy atom. The summed E-state index contributed by atoms with van der Waals surface area (Å²) in [4.78, 5) is 23.3. The average molecular weight is 987 g/mol. The van der Waals surface area contributed by atoms with Gasteiger partial charge in [0.05, 0.1) is 39.9 Å². The van der Waals surface area contributed by atoms with Crippen molar-refractivity contribution in [2.45, 2.75) is 334 Å². The van der Waals surface area contributed by atoms with Crippen molar-refractivity contribution in [2.75, 3.05) is 40.9 Å². The largest absolute Gasteiger partial charge is 0.472 e. The van der Waals surface area contributed by atoms with Crippen LogP contribution in [-0.4, -0.2) is 73.4 Å². The lowest BCUT2D eigenvalue weighted by Gasteiger charge is -2.26. The summed E-state index contributed by atoms with van der Waals surface area (Å²) in [6.45, 7) is 4.93. The summed E-state index contributed by atoms with van der Waals surface area (Å²) >= 11 is 0. The maximum atomic E-state index is 13.0. The molecule has 3 atom stereocenters. The van der Waals surface area contributed by atoms with Gasteiger partial charge in [0.25, 0.3) is 0 Å². The Bertz CT molecular complexity index is 1070. The number of aliphatic hydroxyl groups is 1. The second-order valence-corrected chi connectivity index (χ2v) is 23.9. The molecule has 3 unspecified atom stereocenters. The second-order valence-electron chi connectivity index (χ2n) is 22.4. The van der Waals surface area contributed by atoms with E-state index < -0.39 is 20.0 Å². The standard InChI is InChI=1S/C59H121N2O6P/c1-6-8-10-12-14-16-18-20-21-22-23-24-25-26-27-28-29-30-31-32-33-34-35-36-37-38-39-41-43-45-47-49-51-53-59(63)60-57(56-67-68(64,65)66-55-54-61(3,4)5)58(62)52-50-48-46-44-42-40-19-17-15-13-11-9-7-2/h57-58,62H,6-56H2,1-5H3,(H-,60,63,64,65)/p+1. The van der Waals surface area contributed by atoms with Crippen molar-refractivity contribution >= 4 is 13.7 Å². The van der Waals surface area contributed by atoms with E-state index in [1.807, 2.05) is 21.1 Å². The van der Waals surface area contributed by atoms with Gasteiger partial charge in [-0.1, -0.05) is 303 Å². The fraction of sp³-hybridized carbons (Fsp3) is 0.983. The molecule has 0 aliphatic heterocycles. The Morgan fingerprint density at radius 1 is 0.441 bits per heavy atom. The van der Waals surface area contributed by atoms with E-state index in [1.165, 1.54) is 257 Å². The molecule has 0 fully saturated rings. The molecule has 0 radical (unpaired) electrons. The van der Waals surface area contributed by atoms with Crippen molar-refractivity contribution in [3.8, 4) is 0 Å². The monoisotopic (exact) mass is 986 g/mol. The van der Waals surface area contributed by atoms with Crippen LogP contribution in [0.4, 0.5) is 0 Å². The summed E-state index contributed by atoms with van der Waals surface area (Å²) in [6, 6.07) is -0.754. The number of nitrogens with one attached hydrogen (secondary N) is 1. The summed E-state index contributed by atoms with van der Waals surface area (Å²) in [5.41, 5.74) is 0. The van der Waals surface area contributed by atoms with Gasteiger partial charge in [-0.2, -0.15) is 0 Å². The number of hydrogen-bond donors (Lipinski definition) is 3. The molecule has 68 heavy (non-hydrogen) atoms. The first-order valence-corrected chi connectivity index (χ1v) is 31.9. The third-order valence-electron chi connectivity index (χ3n) is 14.4. The van der Waals surface area contributed by atoms with Crippen LogP contribution < -0.4 is 5.32 Å². The number of rotatable bonds is 57. The van der Waals surface area contributed by atoms with Gasteiger partial charge < -0.3 is 19.8 Å². The quantitative estimate of drug-likeness (QED) is 0.0319. The molecule has 1 amide bonds. The normalized spacial score (nSPS) is 13.8. The Kier molecular flexibility index (Phi) is 51.0. The van der Waals surface area contributed by atoms with E-state index in [-0.39, 0.29) is 19.1 Å². The molecule has 0 aliphatic rings. The first-order chi connectivity index (χ1) is 33.0. The highest BCUT2D eigenvalue weighted by molar-refractivity contribution is 7.47. The average Bonchev–Trinajstić information content (AvgIpc) is 3.30. The number of carbonyl (C=O) groups excluding carboxylic acids is 1. The molecule has 0 aromatic carbocycles. The van der Waals surface area contributed by atoms with Crippen molar-refractivity contribution in [1.82, 2.24) is 5.32 Å². The van der Waals surface area contributed by atoms with Crippen LogP contribution in [0.5, 0.6) is 0 Å². The Balaban J connectivity index is 3.90. The van der Waals surface area contributed by atoms with E-state index in [0.717, 1.165) is 38.5 Å². The topological polar surface area (TPSA) is 105 Å². The molecule has 0 rings (SSSR count). The van der Waals surface area contributed by atoms with E-state index in [2.05, 4.69) is 19.2 Å². The summed E-state index contributed by atoms with van der Waals surface area (Å²) in [5.74, 6) is -0.137. The van der Waals surface area contributed by atoms with Gasteiger partial charge in [0.2, 0.25) is 5.91 Å². The van der Waals surface area contributed by atoms with E-state index in [4.69, 9.17) is 9.05 Å². The van der Waals surface area contributed by atoms with Gasteiger partial charge >= 0.3 is 7.82 Å². The predicted molar refractivity (Wildman–Crippen MR) is 296 cm³/mol. The molecule has 3 N–H and O–H groups in total. The van der Waals surface area contributed by atoms with Gasteiger partial charge in [-0.15, -0.1) is 0 Å². The molecule has 0 saturated carbocycles. The number of quaternary nitrogens is 1. The zero-order valence-electron chi connectivity index (χ0n) is 46.6. The van der Waals surface area contributed by atoms with Crippen molar-refractivity contribution in [3.05, 3.63) is 0 Å². The van der Waals surface area contributed by atoms with Crippen LogP contribution in [0, 0.1) is 0 Å². The maximum Gasteiger partial charge on any atom is 0.472 e. The molecular weight excluding hydrogens is 864 g/mol. The highest BCUT2D eigenvalue weighted by Gasteiger charge is 2.28. The lowest BCUT2D eigenvalue weighted by atomic mass is 10.0. The van der Waals surface area contributed by atoms with Crippen LogP contribution in [0.3, 0.4) is 0 Å². The molecule has 0 saturated heterocycles. The zero-order chi connectivity index (χ0) is 49.9. The van der Waals surface area contributed by atoms with E-state index in [9.17, 15) is 19.4 Å². The van der Waals surface area contributed by atoms with Gasteiger partial charge in [0.15, 0.2) is 0 Å². The summed E-state index contributed by atoms with van der Waals surface area (Å²) < 4.78 is 23.7. The summed E-state index contributed by atoms with van der Waals surface area (Å²) in [6.07, 6.45) is 61.9. The molecule has 0 aliphatic carbocycles. The highest BCUT2D eigenvalue weighted by Crippen LogP contribution is 2.43. The molecular formula is C59H122N2O6P+. The molecule has 0 spiro atoms. The van der Waals surface area contributed by atoms with E-state index in [1.54, 1.807) is 0 Å². The highest BCUT2D eigenvalue weighted by atomic mass is 31.2. The van der Waals surface area contributed by atoms with Crippen LogP contribution in [-0.2, 0) is 18.4 Å². The summed E-state index contributed by atoms with van der Waals surface area (Å²) in [7, 11) is 1.64. The van der Waals surface area contributed by atoms with Crippen molar-refractivity contribution in [1.29, 1.82) is 0 Å². The van der Waals surface area contributed by atoms with Crippen LogP contribution in [0.15, 0.2) is 0 Å². The Labute approximate surface area is 425 Å². The molecule has 0 bridgehead atoms. The fourth-order valence-corrected chi connectivity index (χ4v) is 10.3. The third kappa shape index (κ3) is 53.3. The number of likely N-dealkylation sites (N-methyl/N-ethyl adjacent to an activating group) is 1. The number of phosphoric acid groups is 1. The number of hydrogen-bond acceptors (Lipinski definition) is 5. The van der Waals surface area contributed by atoms with Gasteiger partial charge in [0, 0.05) is 6.42 Å². The smallest absolute Gasteiger partial charge is 0.391 e. The molecule has 9 heteroatoms. The number of amides is 1. The number of unbranched alkanes of at least 4 members (excludes halogenated alkanes) is 44. The van der Waals surface area contributed by atoms with Crippen LogP contribution >= 0.6 is 7.82 Å². The minimum Gasteiger partial charge on any atom is -0.391 e. The maximum absolute atomic E-state index is 13.0. The van der Waals surface area contributed by atoms with Crippen LogP contribution in [0.1, 0.15) is 322 Å². The lowest BCUT2D eigenvalue weighted by Crippen LogP contribution is -2.46. The fourth-order valence-electron chi connectivity index (χ4n) is 9.58. The van der Waals surface area contributed by atoms with Gasteiger partial charge in [-0.25, -0.2) is 4.57 Å². The molecule has 0 heterocycles. The van der Waals surface area contributed by atoms with Crippen molar-refractivity contribution in [3.63, 3.8) is 0 Å². The molecule has 408 valence electrons. The minimum absolute atomic E-state index is 0.0789. The van der Waals surface area contributed by atoms with Gasteiger partial charge in [-0.3, -0.25) is 13.8 Å². The van der Waals surface area contributed by atoms with Crippen molar-refractivity contribution in [2.24, 2.45) is 0 Å². The third-order valence-corrected chi connectivity index (χ3v) is 15.3. The number of aliphatic hydroxyl groups excluding tert-OH is 1. The van der Waals surface area contributed by atoms with Gasteiger partial charge in [-0.05, 0) is 12.8 Å². The summed E-state index contributed by atoms with van der Waals surface area (Å²) in [5, 5.41) is 14.0. The predicted octanol–water partition coefficient (Wildman–Crippen LogP) is 18.4. The first-order valence-electron chi connectivity index (χ1n) is 30.4. The first kappa shape index (κ1) is 67.5. The van der Waals surface area contributed by atoms with E-state index >= 15 is 0 Å². The van der Waals surface area contributed by atoms with Crippen LogP contribution in [0.25, 0.3) is 0 Å². The number of phosphoric ester groups is 1. The number of carbonyl (C=O) groups is 1. The minimum atomic E-state index is -4.31. The number of nitrogens with zero attached hydrogens (tertiary/aromatic N) is 1. The molecule has 0 aromatic rings. The van der Waals surface area contributed by atoms with Crippen LogP contribution in [0.2, 0.25) is 0 Å².